The van der Waals surface area contributed by atoms with E-state index in [1.54, 1.807) is 6.33 Å². The molecule has 0 N–H and O–H groups in total. The van der Waals surface area contributed by atoms with E-state index < -0.39 is 0 Å². The van der Waals surface area contributed by atoms with Gasteiger partial charge in [0, 0.05) is 25.4 Å². The van der Waals surface area contributed by atoms with Gasteiger partial charge in [-0.25, -0.2) is 15.0 Å². The van der Waals surface area contributed by atoms with Crippen molar-refractivity contribution in [1.29, 1.82) is 0 Å². The van der Waals surface area contributed by atoms with E-state index in [2.05, 4.69) is 46.7 Å². The van der Waals surface area contributed by atoms with Crippen molar-refractivity contribution < 1.29 is 0 Å². The third-order valence-electron chi connectivity index (χ3n) is 2.95. The summed E-state index contributed by atoms with van der Waals surface area (Å²) in [5, 5.41) is 0. The average molecular weight is 306 g/mol. The minimum atomic E-state index is 0.799. The second kappa shape index (κ2) is 4.53. The van der Waals surface area contributed by atoms with Crippen molar-refractivity contribution in [2.45, 2.75) is 6.54 Å². The molecule has 2 aromatic heterocycles. The molecule has 18 heavy (non-hydrogen) atoms. The minimum Gasteiger partial charge on any atom is -0.348 e. The van der Waals surface area contributed by atoms with Crippen LogP contribution in [0.15, 0.2) is 35.5 Å². The Balaban J connectivity index is 1.92. The van der Waals surface area contributed by atoms with Crippen LogP contribution in [0.2, 0.25) is 0 Å². The van der Waals surface area contributed by atoms with Crippen LogP contribution in [0.1, 0.15) is 5.56 Å². The Morgan fingerprint density at radius 1 is 1.22 bits per heavy atom. The highest BCUT2D eigenvalue weighted by atomic mass is 79.9. The number of rotatable bonds is 1. The lowest BCUT2D eigenvalue weighted by molar-refractivity contribution is 0.712. The summed E-state index contributed by atoms with van der Waals surface area (Å²) in [6, 6.07) is 4.01. The molecule has 92 valence electrons. The smallest absolute Gasteiger partial charge is 0.138 e. The second-order valence-corrected chi connectivity index (χ2v) is 5.06. The number of pyridine rings is 1. The summed E-state index contributed by atoms with van der Waals surface area (Å²) in [5.74, 6) is 1.01. The largest absolute Gasteiger partial charge is 0.348 e. The second-order valence-electron chi connectivity index (χ2n) is 4.25. The Bertz CT molecular complexity index is 557. The third kappa shape index (κ3) is 2.03. The molecule has 0 aromatic carbocycles. The summed E-state index contributed by atoms with van der Waals surface area (Å²) in [6.45, 7) is 1.61. The maximum atomic E-state index is 4.31. The highest BCUT2D eigenvalue weighted by Crippen LogP contribution is 2.26. The van der Waals surface area contributed by atoms with Crippen LogP contribution in [0, 0.1) is 0 Å². The van der Waals surface area contributed by atoms with Crippen LogP contribution in [0.3, 0.4) is 0 Å². The first-order valence-corrected chi connectivity index (χ1v) is 6.40. The minimum absolute atomic E-state index is 0.799. The molecular formula is C12H12BrN5. The predicted molar refractivity (Wildman–Crippen MR) is 73.4 cm³/mol. The SMILES string of the molecule is CN1CN(c2ccc(Br)nc2)Cc2cncnc21. The van der Waals surface area contributed by atoms with Crippen molar-refractivity contribution >= 4 is 27.4 Å². The van der Waals surface area contributed by atoms with Crippen LogP contribution in [0.4, 0.5) is 11.5 Å². The van der Waals surface area contributed by atoms with Gasteiger partial charge in [0.05, 0.1) is 18.6 Å². The Labute approximate surface area is 114 Å². The Kier molecular flexibility index (Phi) is 2.87. The van der Waals surface area contributed by atoms with Gasteiger partial charge in [-0.3, -0.25) is 0 Å². The summed E-state index contributed by atoms with van der Waals surface area (Å²) in [5.41, 5.74) is 2.23. The number of nitrogens with zero attached hydrogens (tertiary/aromatic N) is 5. The zero-order valence-electron chi connectivity index (χ0n) is 9.91. The quantitative estimate of drug-likeness (QED) is 0.755. The summed E-state index contributed by atoms with van der Waals surface area (Å²) in [4.78, 5) is 17.0. The van der Waals surface area contributed by atoms with Crippen molar-refractivity contribution in [2.75, 3.05) is 23.5 Å². The number of fused-ring (bicyclic) bond motifs is 1. The fraction of sp³-hybridized carbons (Fsp3) is 0.250. The molecule has 3 heterocycles. The molecule has 3 rings (SSSR count). The van der Waals surface area contributed by atoms with Gasteiger partial charge in [0.15, 0.2) is 0 Å². The molecule has 0 atom stereocenters. The molecule has 1 aliphatic rings. The normalized spacial score (nSPS) is 14.6. The fourth-order valence-corrected chi connectivity index (χ4v) is 2.35. The van der Waals surface area contributed by atoms with Gasteiger partial charge in [-0.05, 0) is 28.1 Å². The first kappa shape index (κ1) is 11.4. The molecule has 0 bridgehead atoms. The molecule has 0 unspecified atom stereocenters. The lowest BCUT2D eigenvalue weighted by atomic mass is 10.2. The average Bonchev–Trinajstić information content (AvgIpc) is 2.39. The molecule has 5 nitrogen and oxygen atoms in total. The zero-order valence-corrected chi connectivity index (χ0v) is 11.5. The lowest BCUT2D eigenvalue weighted by Crippen LogP contribution is -2.40. The maximum Gasteiger partial charge on any atom is 0.138 e. The molecule has 1 aliphatic heterocycles. The van der Waals surface area contributed by atoms with Crippen LogP contribution < -0.4 is 9.80 Å². The standard InChI is InChI=1S/C12H12BrN5/c1-17-8-18(10-2-3-11(13)15-5-10)6-9-4-14-7-16-12(9)17/h2-5,7H,6,8H2,1H3. The van der Waals surface area contributed by atoms with Gasteiger partial charge < -0.3 is 9.80 Å². The summed E-state index contributed by atoms with van der Waals surface area (Å²) in [7, 11) is 2.03. The van der Waals surface area contributed by atoms with E-state index >= 15 is 0 Å². The van der Waals surface area contributed by atoms with Crippen molar-refractivity contribution in [3.63, 3.8) is 0 Å². The van der Waals surface area contributed by atoms with Crippen molar-refractivity contribution in [2.24, 2.45) is 0 Å². The summed E-state index contributed by atoms with van der Waals surface area (Å²) >= 11 is 3.35. The predicted octanol–water partition coefficient (Wildman–Crippen LogP) is 2.05. The molecule has 0 saturated heterocycles. The first-order chi connectivity index (χ1) is 8.74. The topological polar surface area (TPSA) is 45.2 Å². The third-order valence-corrected chi connectivity index (χ3v) is 3.42. The van der Waals surface area contributed by atoms with E-state index in [0.717, 1.165) is 34.9 Å². The van der Waals surface area contributed by atoms with E-state index in [1.807, 2.05) is 25.5 Å². The molecule has 0 aliphatic carbocycles. The van der Waals surface area contributed by atoms with Gasteiger partial charge in [-0.2, -0.15) is 0 Å². The Morgan fingerprint density at radius 2 is 2.11 bits per heavy atom. The molecule has 0 radical (unpaired) electrons. The molecule has 0 spiro atoms. The lowest BCUT2D eigenvalue weighted by Gasteiger charge is -2.36. The van der Waals surface area contributed by atoms with E-state index in [0.29, 0.717) is 0 Å². The molecule has 2 aromatic rings. The van der Waals surface area contributed by atoms with Crippen molar-refractivity contribution in [3.05, 3.63) is 41.0 Å². The molecule has 0 saturated carbocycles. The van der Waals surface area contributed by atoms with Crippen LogP contribution in [-0.2, 0) is 6.54 Å². The van der Waals surface area contributed by atoms with Crippen LogP contribution >= 0.6 is 15.9 Å². The molecule has 0 amide bonds. The Hall–Kier alpha value is -1.69. The number of anilines is 2. The van der Waals surface area contributed by atoms with Crippen LogP contribution in [0.5, 0.6) is 0 Å². The van der Waals surface area contributed by atoms with Gasteiger partial charge in [-0.15, -0.1) is 0 Å². The van der Waals surface area contributed by atoms with Gasteiger partial charge in [0.2, 0.25) is 0 Å². The maximum absolute atomic E-state index is 4.31. The van der Waals surface area contributed by atoms with E-state index in [1.165, 1.54) is 0 Å². The Morgan fingerprint density at radius 3 is 2.89 bits per heavy atom. The molecular weight excluding hydrogens is 294 g/mol. The highest BCUT2D eigenvalue weighted by molar-refractivity contribution is 9.10. The summed E-state index contributed by atoms with van der Waals surface area (Å²) < 4.78 is 0.848. The van der Waals surface area contributed by atoms with E-state index in [4.69, 9.17) is 0 Å². The van der Waals surface area contributed by atoms with Crippen molar-refractivity contribution in [3.8, 4) is 0 Å². The van der Waals surface area contributed by atoms with Crippen LogP contribution in [-0.4, -0.2) is 28.7 Å². The van der Waals surface area contributed by atoms with Gasteiger partial charge >= 0.3 is 0 Å². The molecule has 0 fully saturated rings. The number of hydrogen-bond acceptors (Lipinski definition) is 5. The number of halogens is 1. The van der Waals surface area contributed by atoms with Crippen LogP contribution in [0.25, 0.3) is 0 Å². The van der Waals surface area contributed by atoms with Crippen molar-refractivity contribution in [1.82, 2.24) is 15.0 Å². The fourth-order valence-electron chi connectivity index (χ4n) is 2.11. The first-order valence-electron chi connectivity index (χ1n) is 5.60. The summed E-state index contributed by atoms with van der Waals surface area (Å²) in [6.07, 6.45) is 5.33. The van der Waals surface area contributed by atoms with Gasteiger partial charge in [0.1, 0.15) is 16.7 Å². The number of aromatic nitrogens is 3. The van der Waals surface area contributed by atoms with E-state index in [9.17, 15) is 0 Å². The molecule has 6 heteroatoms. The number of hydrogen-bond donors (Lipinski definition) is 0. The monoisotopic (exact) mass is 305 g/mol. The highest BCUT2D eigenvalue weighted by Gasteiger charge is 2.21. The van der Waals surface area contributed by atoms with E-state index in [-0.39, 0.29) is 0 Å². The van der Waals surface area contributed by atoms with Gasteiger partial charge in [0.25, 0.3) is 0 Å². The zero-order chi connectivity index (χ0) is 12.5. The van der Waals surface area contributed by atoms with Gasteiger partial charge in [-0.1, -0.05) is 0 Å².